The molecule has 0 aliphatic rings. The molecule has 3 rings (SSSR count). The third-order valence-electron chi connectivity index (χ3n) is 7.76. The van der Waals surface area contributed by atoms with E-state index < -0.39 is 23.0 Å². The van der Waals surface area contributed by atoms with Crippen molar-refractivity contribution in [3.63, 3.8) is 0 Å². The maximum atomic E-state index is 14.3. The van der Waals surface area contributed by atoms with E-state index in [-0.39, 0.29) is 37.3 Å². The van der Waals surface area contributed by atoms with Crippen LogP contribution in [0.15, 0.2) is 84.3 Å². The van der Waals surface area contributed by atoms with Crippen LogP contribution < -0.4 is 11.1 Å². The third kappa shape index (κ3) is 11.0. The quantitative estimate of drug-likeness (QED) is 0.211. The maximum absolute atomic E-state index is 14.3. The van der Waals surface area contributed by atoms with Crippen molar-refractivity contribution in [1.82, 2.24) is 15.1 Å². The summed E-state index contributed by atoms with van der Waals surface area (Å²) in [6, 6.07) is 20.2. The van der Waals surface area contributed by atoms with E-state index in [0.717, 1.165) is 21.6 Å². The van der Waals surface area contributed by atoms with Crippen molar-refractivity contribution >= 4 is 29.1 Å². The van der Waals surface area contributed by atoms with Crippen LogP contribution in [-0.4, -0.2) is 77.5 Å². The number of aliphatic hydroxyl groups is 1. The normalized spacial score (nSPS) is 13.3. The molecule has 3 aromatic rings. The first kappa shape index (κ1) is 35.7. The van der Waals surface area contributed by atoms with Crippen LogP contribution in [-0.2, 0) is 27.2 Å². The van der Waals surface area contributed by atoms with Gasteiger partial charge in [0.1, 0.15) is 12.1 Å². The molecule has 0 aliphatic carbocycles. The van der Waals surface area contributed by atoms with Gasteiger partial charge in [-0.1, -0.05) is 80.6 Å². The first-order valence-corrected chi connectivity index (χ1v) is 16.1. The molecule has 0 saturated heterocycles. The Kier molecular flexibility index (Phi) is 12.7. The van der Waals surface area contributed by atoms with Gasteiger partial charge in [0.2, 0.25) is 17.7 Å². The number of nitrogens with one attached hydrogen (secondary N) is 1. The van der Waals surface area contributed by atoms with Crippen LogP contribution >= 0.6 is 11.3 Å². The number of benzene rings is 2. The summed E-state index contributed by atoms with van der Waals surface area (Å²) in [4.78, 5) is 45.1. The number of amides is 3. The highest BCUT2D eigenvalue weighted by Crippen LogP contribution is 2.22. The number of nitrogens with two attached hydrogens (primary N) is 1. The maximum Gasteiger partial charge on any atom is 0.246 e. The standard InChI is InChI=1S/C36H48N4O4S/c1-35(2,25-41)24-38-33(43)30(23-29-14-11-21-45-29)40(6)34(44)31(39(5)32(42)15-10-20-36(3,4)37)22-26-16-18-28(19-17-26)27-12-8-7-9-13-27/h7-19,21,30-31,41H,20,22-25,37H2,1-6H3,(H,38,43)/b15-10+/t30-,31-/m1/s1. The fourth-order valence-electron chi connectivity index (χ4n) is 4.73. The lowest BCUT2D eigenvalue weighted by atomic mass is 9.94. The van der Waals surface area contributed by atoms with E-state index in [1.807, 2.05) is 99.8 Å². The summed E-state index contributed by atoms with van der Waals surface area (Å²) in [7, 11) is 3.24. The minimum Gasteiger partial charge on any atom is -0.396 e. The van der Waals surface area contributed by atoms with Crippen LogP contribution in [0, 0.1) is 5.41 Å². The molecule has 0 fully saturated rings. The molecule has 1 aromatic heterocycles. The zero-order valence-electron chi connectivity index (χ0n) is 27.3. The molecule has 9 heteroatoms. The van der Waals surface area contributed by atoms with Crippen LogP contribution in [0.5, 0.6) is 0 Å². The largest absolute Gasteiger partial charge is 0.396 e. The summed E-state index contributed by atoms with van der Waals surface area (Å²) >= 11 is 1.52. The zero-order chi connectivity index (χ0) is 33.2. The number of rotatable bonds is 15. The summed E-state index contributed by atoms with van der Waals surface area (Å²) < 4.78 is 0. The Bertz CT molecular complexity index is 1410. The molecule has 4 N–H and O–H groups in total. The molecule has 0 radical (unpaired) electrons. The molecule has 45 heavy (non-hydrogen) atoms. The number of aliphatic hydroxyl groups excluding tert-OH is 1. The Balaban J connectivity index is 1.92. The van der Waals surface area contributed by atoms with Crippen LogP contribution in [0.4, 0.5) is 0 Å². The Morgan fingerprint density at radius 2 is 1.53 bits per heavy atom. The van der Waals surface area contributed by atoms with Crippen molar-refractivity contribution < 1.29 is 19.5 Å². The number of hydrogen-bond donors (Lipinski definition) is 3. The van der Waals surface area contributed by atoms with Gasteiger partial charge in [0.15, 0.2) is 0 Å². The molecule has 0 unspecified atom stereocenters. The van der Waals surface area contributed by atoms with Gasteiger partial charge in [-0.05, 0) is 54.5 Å². The van der Waals surface area contributed by atoms with Gasteiger partial charge in [0, 0.05) is 55.9 Å². The second kappa shape index (κ2) is 16.0. The highest BCUT2D eigenvalue weighted by molar-refractivity contribution is 7.09. The van der Waals surface area contributed by atoms with E-state index in [1.54, 1.807) is 20.2 Å². The van der Waals surface area contributed by atoms with Gasteiger partial charge in [-0.15, -0.1) is 11.3 Å². The summed E-state index contributed by atoms with van der Waals surface area (Å²) in [5, 5.41) is 14.6. The molecule has 3 amide bonds. The van der Waals surface area contributed by atoms with Crippen LogP contribution in [0.25, 0.3) is 11.1 Å². The number of likely N-dealkylation sites (N-methyl/N-ethyl adjacent to an activating group) is 2. The number of nitrogens with zero attached hydrogens (tertiary/aromatic N) is 2. The Labute approximate surface area is 271 Å². The van der Waals surface area contributed by atoms with E-state index in [2.05, 4.69) is 5.32 Å². The predicted molar refractivity (Wildman–Crippen MR) is 183 cm³/mol. The second-order valence-corrected chi connectivity index (χ2v) is 14.1. The minimum atomic E-state index is -0.867. The highest BCUT2D eigenvalue weighted by atomic mass is 32.1. The molecule has 2 aromatic carbocycles. The van der Waals surface area contributed by atoms with Crippen molar-refractivity contribution in [2.75, 3.05) is 27.2 Å². The topological polar surface area (TPSA) is 116 Å². The summed E-state index contributed by atoms with van der Waals surface area (Å²) in [6.07, 6.45) is 4.28. The number of hydrogen-bond acceptors (Lipinski definition) is 6. The average molecular weight is 633 g/mol. The fraction of sp³-hybridized carbons (Fsp3) is 0.417. The molecule has 8 nitrogen and oxygen atoms in total. The SMILES string of the molecule is CN(C(=O)/C=C/CC(C)(C)N)[C@H](Cc1ccc(-c2ccccc2)cc1)C(=O)N(C)[C@H](Cc1cccs1)C(=O)NCC(C)(C)CO. The zero-order valence-corrected chi connectivity index (χ0v) is 28.1. The van der Waals surface area contributed by atoms with Crippen LogP contribution in [0.3, 0.4) is 0 Å². The minimum absolute atomic E-state index is 0.0927. The van der Waals surface area contributed by atoms with Gasteiger partial charge in [0.25, 0.3) is 0 Å². The monoisotopic (exact) mass is 632 g/mol. The lowest BCUT2D eigenvalue weighted by Gasteiger charge is -2.34. The van der Waals surface area contributed by atoms with Crippen LogP contribution in [0.1, 0.15) is 44.6 Å². The first-order valence-electron chi connectivity index (χ1n) is 15.2. The number of carbonyl (C=O) groups is 3. The van der Waals surface area contributed by atoms with E-state index in [1.165, 1.54) is 27.2 Å². The van der Waals surface area contributed by atoms with Crippen molar-refractivity contribution in [2.45, 2.75) is 64.6 Å². The molecule has 1 heterocycles. The summed E-state index contributed by atoms with van der Waals surface area (Å²) in [6.45, 7) is 7.64. The molecular weight excluding hydrogens is 584 g/mol. The van der Waals surface area contributed by atoms with Crippen molar-refractivity contribution in [2.24, 2.45) is 11.1 Å². The van der Waals surface area contributed by atoms with Crippen molar-refractivity contribution in [3.05, 3.63) is 94.7 Å². The smallest absolute Gasteiger partial charge is 0.246 e. The second-order valence-electron chi connectivity index (χ2n) is 13.1. The van der Waals surface area contributed by atoms with Gasteiger partial charge in [0.05, 0.1) is 0 Å². The fourth-order valence-corrected chi connectivity index (χ4v) is 5.47. The van der Waals surface area contributed by atoms with Gasteiger partial charge in [-0.25, -0.2) is 0 Å². The molecule has 242 valence electrons. The number of thiophene rings is 1. The van der Waals surface area contributed by atoms with Gasteiger partial charge in [-0.2, -0.15) is 0 Å². The Morgan fingerprint density at radius 3 is 2.11 bits per heavy atom. The molecular formula is C36H48N4O4S. The van der Waals surface area contributed by atoms with E-state index in [9.17, 15) is 19.5 Å². The van der Waals surface area contributed by atoms with Crippen molar-refractivity contribution in [1.29, 1.82) is 0 Å². The van der Waals surface area contributed by atoms with E-state index in [4.69, 9.17) is 5.73 Å². The Morgan fingerprint density at radius 1 is 0.889 bits per heavy atom. The Hall–Kier alpha value is -3.79. The third-order valence-corrected chi connectivity index (χ3v) is 8.66. The molecule has 0 bridgehead atoms. The summed E-state index contributed by atoms with van der Waals surface area (Å²) in [5.74, 6) is -0.981. The van der Waals surface area contributed by atoms with E-state index in [0.29, 0.717) is 12.8 Å². The lowest BCUT2D eigenvalue weighted by Crippen LogP contribution is -2.56. The predicted octanol–water partition coefficient (Wildman–Crippen LogP) is 4.67. The average Bonchev–Trinajstić information content (AvgIpc) is 3.54. The van der Waals surface area contributed by atoms with E-state index >= 15 is 0 Å². The number of carbonyl (C=O) groups excluding carboxylic acids is 3. The summed E-state index contributed by atoms with van der Waals surface area (Å²) in [5.41, 5.74) is 8.12. The van der Waals surface area contributed by atoms with Gasteiger partial charge < -0.3 is 26.0 Å². The highest BCUT2D eigenvalue weighted by Gasteiger charge is 2.35. The molecule has 0 aliphatic heterocycles. The van der Waals surface area contributed by atoms with Crippen LogP contribution in [0.2, 0.25) is 0 Å². The first-order chi connectivity index (χ1) is 21.2. The van der Waals surface area contributed by atoms with Gasteiger partial charge >= 0.3 is 0 Å². The molecule has 0 saturated carbocycles. The molecule has 0 spiro atoms. The van der Waals surface area contributed by atoms with Crippen molar-refractivity contribution in [3.8, 4) is 11.1 Å². The molecule has 2 atom stereocenters. The van der Waals surface area contributed by atoms with Gasteiger partial charge in [-0.3, -0.25) is 14.4 Å². The lowest BCUT2D eigenvalue weighted by molar-refractivity contribution is -0.146.